The number of nitrogens with zero attached hydrogens (tertiary/aromatic N) is 4. The van der Waals surface area contributed by atoms with Gasteiger partial charge in [0.05, 0.1) is 49.7 Å². The molecule has 7 aromatic carbocycles. The van der Waals surface area contributed by atoms with E-state index < -0.39 is 0 Å². The number of para-hydroxylation sites is 3. The SMILES string of the molecule is c1ccc2c(-n3c(-n4c5ccc6oc7ccc8c9ccccc9n9c%10cccc4c%10c5c6c7c89)nc4ccccc43)cccc2c1. The van der Waals surface area contributed by atoms with Crippen LogP contribution in [0.5, 0.6) is 0 Å². The highest BCUT2D eigenvalue weighted by molar-refractivity contribution is 6.37. The Morgan fingerprint density at radius 1 is 0.435 bits per heavy atom. The van der Waals surface area contributed by atoms with Crippen molar-refractivity contribution in [3.8, 4) is 11.6 Å². The molecule has 0 saturated heterocycles. The topological polar surface area (TPSA) is 40.3 Å². The van der Waals surface area contributed by atoms with Crippen LogP contribution in [0.4, 0.5) is 0 Å². The van der Waals surface area contributed by atoms with E-state index in [1.807, 2.05) is 0 Å². The third-order valence-corrected chi connectivity index (χ3v) is 10.2. The molecule has 0 aliphatic heterocycles. The highest BCUT2D eigenvalue weighted by atomic mass is 16.3. The fraction of sp³-hybridized carbons (Fsp3) is 0. The molecule has 5 nitrogen and oxygen atoms in total. The Kier molecular flexibility index (Phi) is 3.94. The van der Waals surface area contributed by atoms with Gasteiger partial charge in [-0.15, -0.1) is 0 Å². The van der Waals surface area contributed by atoms with Crippen LogP contribution in [0.1, 0.15) is 0 Å². The van der Waals surface area contributed by atoms with Crippen molar-refractivity contribution in [3.63, 3.8) is 0 Å². The molecule has 212 valence electrons. The molecule has 0 saturated carbocycles. The largest absolute Gasteiger partial charge is 0.456 e. The Balaban J connectivity index is 1.36. The first-order valence-corrected chi connectivity index (χ1v) is 15.7. The maximum atomic E-state index is 6.60. The molecule has 0 fully saturated rings. The molecular formula is C41H22N4O. The van der Waals surface area contributed by atoms with E-state index in [9.17, 15) is 0 Å². The number of aromatic nitrogens is 4. The average Bonchev–Trinajstić information content (AvgIpc) is 3.82. The molecule has 5 heterocycles. The van der Waals surface area contributed by atoms with E-state index in [0.717, 1.165) is 44.9 Å². The lowest BCUT2D eigenvalue weighted by Gasteiger charge is -2.14. The molecule has 5 aromatic heterocycles. The standard InChI is InChI=1S/C41H22N4O/c1-2-11-24-23(9-1)10-7-16-28(24)44-30-15-6-4-13-27(30)42-41(44)45-32-18-8-17-31-36(32)37-33(45)20-22-34-38(37)39-35(46-34)21-19-26-25-12-3-5-14-29(25)43(31)40(26)39/h1-22H. The van der Waals surface area contributed by atoms with Crippen molar-refractivity contribution in [1.29, 1.82) is 0 Å². The first kappa shape index (κ1) is 23.1. The Morgan fingerprint density at radius 2 is 1.13 bits per heavy atom. The summed E-state index contributed by atoms with van der Waals surface area (Å²) in [6.07, 6.45) is 0. The van der Waals surface area contributed by atoms with Crippen molar-refractivity contribution in [2.45, 2.75) is 0 Å². The molecular weight excluding hydrogens is 564 g/mol. The van der Waals surface area contributed by atoms with Gasteiger partial charge < -0.3 is 8.82 Å². The van der Waals surface area contributed by atoms with Gasteiger partial charge in [-0.05, 0) is 66.0 Å². The predicted molar refractivity (Wildman–Crippen MR) is 189 cm³/mol. The molecule has 12 aromatic rings. The summed E-state index contributed by atoms with van der Waals surface area (Å²) in [6, 6.07) is 47.7. The number of rotatable bonds is 2. The molecule has 0 aliphatic carbocycles. The molecule has 0 amide bonds. The lowest BCUT2D eigenvalue weighted by molar-refractivity contribution is 0.669. The maximum absolute atomic E-state index is 6.60. The fourth-order valence-corrected chi connectivity index (χ4v) is 8.39. The summed E-state index contributed by atoms with van der Waals surface area (Å²) in [7, 11) is 0. The van der Waals surface area contributed by atoms with Gasteiger partial charge in [-0.2, -0.15) is 0 Å². The van der Waals surface area contributed by atoms with E-state index in [4.69, 9.17) is 9.40 Å². The smallest absolute Gasteiger partial charge is 0.220 e. The van der Waals surface area contributed by atoms with E-state index in [2.05, 4.69) is 147 Å². The van der Waals surface area contributed by atoms with E-state index >= 15 is 0 Å². The molecule has 0 N–H and O–H groups in total. The van der Waals surface area contributed by atoms with E-state index in [0.29, 0.717) is 0 Å². The summed E-state index contributed by atoms with van der Waals surface area (Å²) in [4.78, 5) is 5.39. The van der Waals surface area contributed by atoms with E-state index in [1.165, 1.54) is 59.6 Å². The molecule has 0 spiro atoms. The summed E-state index contributed by atoms with van der Waals surface area (Å²) >= 11 is 0. The zero-order chi connectivity index (χ0) is 29.7. The van der Waals surface area contributed by atoms with Crippen molar-refractivity contribution in [2.24, 2.45) is 0 Å². The zero-order valence-corrected chi connectivity index (χ0v) is 24.4. The number of imidazole rings is 1. The van der Waals surface area contributed by atoms with Crippen LogP contribution in [0, 0.1) is 0 Å². The zero-order valence-electron chi connectivity index (χ0n) is 24.4. The van der Waals surface area contributed by atoms with Gasteiger partial charge in [-0.1, -0.05) is 72.8 Å². The van der Waals surface area contributed by atoms with Crippen LogP contribution in [-0.4, -0.2) is 18.5 Å². The van der Waals surface area contributed by atoms with Gasteiger partial charge >= 0.3 is 0 Å². The van der Waals surface area contributed by atoms with Crippen LogP contribution < -0.4 is 0 Å². The van der Waals surface area contributed by atoms with Gasteiger partial charge in [0.25, 0.3) is 0 Å². The van der Waals surface area contributed by atoms with Gasteiger partial charge in [-0.3, -0.25) is 9.13 Å². The fourth-order valence-electron chi connectivity index (χ4n) is 8.39. The third-order valence-electron chi connectivity index (χ3n) is 10.2. The minimum atomic E-state index is 0.866. The molecule has 0 unspecified atom stereocenters. The summed E-state index contributed by atoms with van der Waals surface area (Å²) in [5, 5.41) is 9.64. The number of hydrogen-bond donors (Lipinski definition) is 0. The third kappa shape index (κ3) is 2.56. The molecule has 5 heteroatoms. The maximum Gasteiger partial charge on any atom is 0.220 e. The van der Waals surface area contributed by atoms with Crippen LogP contribution in [0.2, 0.25) is 0 Å². The molecule has 0 atom stereocenters. The van der Waals surface area contributed by atoms with Crippen molar-refractivity contribution < 1.29 is 4.42 Å². The summed E-state index contributed by atoms with van der Waals surface area (Å²) < 4.78 is 13.8. The monoisotopic (exact) mass is 586 g/mol. The Labute approximate surface area is 260 Å². The average molecular weight is 587 g/mol. The predicted octanol–water partition coefficient (Wildman–Crippen LogP) is 10.6. The Hall–Kier alpha value is -6.33. The molecule has 46 heavy (non-hydrogen) atoms. The molecule has 0 aliphatic rings. The van der Waals surface area contributed by atoms with Crippen LogP contribution in [-0.2, 0) is 0 Å². The van der Waals surface area contributed by atoms with Crippen molar-refractivity contribution in [2.75, 3.05) is 0 Å². The number of fused-ring (bicyclic) bond motifs is 6. The second-order valence-corrected chi connectivity index (χ2v) is 12.4. The van der Waals surface area contributed by atoms with Crippen molar-refractivity contribution >= 4 is 92.9 Å². The van der Waals surface area contributed by atoms with Crippen molar-refractivity contribution in [3.05, 3.63) is 133 Å². The van der Waals surface area contributed by atoms with Crippen molar-refractivity contribution in [1.82, 2.24) is 18.5 Å². The number of hydrogen-bond acceptors (Lipinski definition) is 2. The summed E-state index contributed by atoms with van der Waals surface area (Å²) in [5.41, 5.74) is 10.8. The molecule has 12 rings (SSSR count). The quantitative estimate of drug-likeness (QED) is 0.202. The first-order chi connectivity index (χ1) is 22.8. The Morgan fingerprint density at radius 3 is 2.09 bits per heavy atom. The number of furan rings is 1. The lowest BCUT2D eigenvalue weighted by Crippen LogP contribution is -2.06. The second kappa shape index (κ2) is 7.84. The molecule has 0 bridgehead atoms. The van der Waals surface area contributed by atoms with E-state index in [1.54, 1.807) is 0 Å². The summed E-state index contributed by atoms with van der Waals surface area (Å²) in [6.45, 7) is 0. The summed E-state index contributed by atoms with van der Waals surface area (Å²) in [5.74, 6) is 0.866. The van der Waals surface area contributed by atoms with Gasteiger partial charge in [-0.25, -0.2) is 4.98 Å². The van der Waals surface area contributed by atoms with Gasteiger partial charge in [0.1, 0.15) is 11.2 Å². The van der Waals surface area contributed by atoms with Gasteiger partial charge in [0.2, 0.25) is 5.95 Å². The highest BCUT2D eigenvalue weighted by Crippen LogP contribution is 2.48. The van der Waals surface area contributed by atoms with Gasteiger partial charge in [0.15, 0.2) is 0 Å². The second-order valence-electron chi connectivity index (χ2n) is 12.4. The van der Waals surface area contributed by atoms with Crippen LogP contribution >= 0.6 is 0 Å². The number of benzene rings is 7. The Bertz CT molecular complexity index is 3200. The first-order valence-electron chi connectivity index (χ1n) is 15.7. The normalized spacial score (nSPS) is 12.8. The minimum absolute atomic E-state index is 0.866. The highest BCUT2D eigenvalue weighted by Gasteiger charge is 2.28. The molecule has 0 radical (unpaired) electrons. The van der Waals surface area contributed by atoms with Crippen LogP contribution in [0.25, 0.3) is 105 Å². The van der Waals surface area contributed by atoms with Crippen LogP contribution in [0.15, 0.2) is 138 Å². The van der Waals surface area contributed by atoms with Gasteiger partial charge in [0, 0.05) is 32.3 Å². The lowest BCUT2D eigenvalue weighted by atomic mass is 10.0. The minimum Gasteiger partial charge on any atom is -0.456 e. The van der Waals surface area contributed by atoms with E-state index in [-0.39, 0.29) is 0 Å². The van der Waals surface area contributed by atoms with Crippen LogP contribution in [0.3, 0.4) is 0 Å².